The van der Waals surface area contributed by atoms with E-state index in [1.54, 1.807) is 0 Å². The number of nitrogens with one attached hydrogen (secondary N) is 1. The normalized spacial score (nSPS) is 21.1. The number of carboxylic acids is 1. The predicted octanol–water partition coefficient (Wildman–Crippen LogP) is -1.04. The predicted molar refractivity (Wildman–Crippen MR) is 38.6 cm³/mol. The van der Waals surface area contributed by atoms with E-state index in [1.165, 1.54) is 7.05 Å². The Kier molecular flexibility index (Phi) is 2.27. The molecular weight excluding hydrogens is 164 g/mol. The number of nitrogens with zero attached hydrogens (tertiary/aromatic N) is 1. The molecule has 0 aromatic carbocycles. The molecule has 66 valence electrons. The van der Waals surface area contributed by atoms with Crippen LogP contribution in [0, 0.1) is 0 Å². The molecule has 0 bridgehead atoms. The molecule has 0 aromatic rings. The molecule has 0 spiro atoms. The second kappa shape index (κ2) is 3.21. The minimum Gasteiger partial charge on any atom is -0.477 e. The fourth-order valence-electron chi connectivity index (χ4n) is 0.805. The maximum absolute atomic E-state index is 10.9. The van der Waals surface area contributed by atoms with Crippen LogP contribution in [0.1, 0.15) is 6.42 Å². The molecule has 0 saturated heterocycles. The average Bonchev–Trinajstić information content (AvgIpc) is 2.51. The highest BCUT2D eigenvalue weighted by Gasteiger charge is 2.30. The summed E-state index contributed by atoms with van der Waals surface area (Å²) in [5.74, 6) is -1.52. The number of hydrogen-bond donors (Lipinski definition) is 2. The molecule has 1 rings (SSSR count). The van der Waals surface area contributed by atoms with E-state index in [0.717, 1.165) is 0 Å². The van der Waals surface area contributed by atoms with Gasteiger partial charge in [0.05, 0.1) is 0 Å². The average molecular weight is 172 g/mol. The highest BCUT2D eigenvalue weighted by molar-refractivity contribution is 6.36. The molecule has 6 nitrogen and oxygen atoms in total. The summed E-state index contributed by atoms with van der Waals surface area (Å²) < 4.78 is 0. The zero-order valence-electron chi connectivity index (χ0n) is 6.40. The highest BCUT2D eigenvalue weighted by atomic mass is 16.6. The van der Waals surface area contributed by atoms with E-state index in [1.807, 2.05) is 0 Å². The van der Waals surface area contributed by atoms with Crippen LogP contribution in [0.25, 0.3) is 0 Å². The monoisotopic (exact) mass is 172 g/mol. The third kappa shape index (κ3) is 1.52. The third-order valence-corrected chi connectivity index (χ3v) is 1.45. The van der Waals surface area contributed by atoms with E-state index in [-0.39, 0.29) is 18.0 Å². The Morgan fingerprint density at radius 2 is 2.42 bits per heavy atom. The Labute approximate surface area is 68.2 Å². The largest absolute Gasteiger partial charge is 0.477 e. The van der Waals surface area contributed by atoms with Crippen LogP contribution < -0.4 is 5.32 Å². The topological polar surface area (TPSA) is 88.0 Å². The Bertz CT molecular complexity index is 248. The van der Waals surface area contributed by atoms with Crippen molar-refractivity contribution < 1.29 is 19.5 Å². The summed E-state index contributed by atoms with van der Waals surface area (Å²) in [5, 5.41) is 14.0. The minimum atomic E-state index is -1.15. The summed E-state index contributed by atoms with van der Waals surface area (Å²) in [6.45, 7) is 0. The van der Waals surface area contributed by atoms with Gasteiger partial charge in [0, 0.05) is 13.5 Å². The van der Waals surface area contributed by atoms with Gasteiger partial charge in [0.1, 0.15) is 0 Å². The number of carbonyl (C=O) groups excluding carboxylic acids is 1. The molecule has 1 atom stereocenters. The van der Waals surface area contributed by atoms with Crippen LogP contribution in [0.5, 0.6) is 0 Å². The summed E-state index contributed by atoms with van der Waals surface area (Å²) in [6, 6.07) is 0. The van der Waals surface area contributed by atoms with Gasteiger partial charge in [0.25, 0.3) is 5.91 Å². The van der Waals surface area contributed by atoms with Gasteiger partial charge in [0.15, 0.2) is 5.71 Å². The Hall–Kier alpha value is -1.59. The second-order valence-corrected chi connectivity index (χ2v) is 2.26. The number of likely N-dealkylation sites (N-methyl/N-ethyl adjacent to an activating group) is 1. The molecule has 0 radical (unpaired) electrons. The zero-order valence-corrected chi connectivity index (χ0v) is 6.40. The number of aliphatic carboxylic acids is 1. The van der Waals surface area contributed by atoms with Crippen molar-refractivity contribution in [2.24, 2.45) is 5.16 Å². The van der Waals surface area contributed by atoms with Gasteiger partial charge in [-0.25, -0.2) is 4.79 Å². The summed E-state index contributed by atoms with van der Waals surface area (Å²) >= 11 is 0. The Morgan fingerprint density at radius 1 is 1.75 bits per heavy atom. The van der Waals surface area contributed by atoms with E-state index in [9.17, 15) is 9.59 Å². The van der Waals surface area contributed by atoms with E-state index in [4.69, 9.17) is 5.11 Å². The van der Waals surface area contributed by atoms with Gasteiger partial charge in [-0.3, -0.25) is 4.79 Å². The van der Waals surface area contributed by atoms with Gasteiger partial charge in [-0.15, -0.1) is 0 Å². The van der Waals surface area contributed by atoms with Crippen molar-refractivity contribution in [3.63, 3.8) is 0 Å². The van der Waals surface area contributed by atoms with Crippen LogP contribution in [0.4, 0.5) is 0 Å². The van der Waals surface area contributed by atoms with Gasteiger partial charge in [-0.1, -0.05) is 5.16 Å². The molecule has 1 aliphatic rings. The van der Waals surface area contributed by atoms with E-state index < -0.39 is 12.1 Å². The number of rotatable bonds is 2. The van der Waals surface area contributed by atoms with E-state index in [0.29, 0.717) is 0 Å². The maximum Gasteiger partial charge on any atom is 0.353 e. The first-order chi connectivity index (χ1) is 5.65. The first kappa shape index (κ1) is 8.51. The quantitative estimate of drug-likeness (QED) is 0.557. The van der Waals surface area contributed by atoms with Crippen LogP contribution in [0.3, 0.4) is 0 Å². The van der Waals surface area contributed by atoms with Crippen molar-refractivity contribution >= 4 is 17.6 Å². The van der Waals surface area contributed by atoms with E-state index in [2.05, 4.69) is 15.3 Å². The van der Waals surface area contributed by atoms with Gasteiger partial charge in [-0.2, -0.15) is 0 Å². The number of amides is 1. The first-order valence-corrected chi connectivity index (χ1v) is 3.32. The van der Waals surface area contributed by atoms with Crippen LogP contribution >= 0.6 is 0 Å². The van der Waals surface area contributed by atoms with Crippen LogP contribution in [-0.2, 0) is 14.4 Å². The standard InChI is InChI=1S/C6H8N2O4/c1-7-5(9)4-2-3(6(10)11)8-12-4/h4H,2H2,1H3,(H,7,9)(H,10,11). The van der Waals surface area contributed by atoms with Gasteiger partial charge in [-0.05, 0) is 0 Å². The molecule has 1 aliphatic heterocycles. The molecule has 12 heavy (non-hydrogen) atoms. The van der Waals surface area contributed by atoms with Crippen molar-refractivity contribution in [1.29, 1.82) is 0 Å². The van der Waals surface area contributed by atoms with Crippen molar-refractivity contribution in [1.82, 2.24) is 5.32 Å². The van der Waals surface area contributed by atoms with Gasteiger partial charge < -0.3 is 15.3 Å². The molecule has 1 unspecified atom stereocenters. The fraction of sp³-hybridized carbons (Fsp3) is 0.500. The van der Waals surface area contributed by atoms with Crippen LogP contribution in [0.2, 0.25) is 0 Å². The lowest BCUT2D eigenvalue weighted by Crippen LogP contribution is -2.32. The number of carbonyl (C=O) groups is 2. The second-order valence-electron chi connectivity index (χ2n) is 2.26. The molecule has 0 fully saturated rings. The van der Waals surface area contributed by atoms with Gasteiger partial charge in [0.2, 0.25) is 6.10 Å². The Morgan fingerprint density at radius 3 is 2.83 bits per heavy atom. The van der Waals surface area contributed by atoms with Crippen molar-refractivity contribution in [2.45, 2.75) is 12.5 Å². The van der Waals surface area contributed by atoms with Gasteiger partial charge >= 0.3 is 5.97 Å². The fourth-order valence-corrected chi connectivity index (χ4v) is 0.805. The SMILES string of the molecule is CNC(=O)C1CC(C(=O)O)=NO1. The molecule has 0 aromatic heterocycles. The lowest BCUT2D eigenvalue weighted by molar-refractivity contribution is -0.130. The summed E-state index contributed by atoms with van der Waals surface area (Å²) in [4.78, 5) is 25.8. The first-order valence-electron chi connectivity index (χ1n) is 3.32. The Balaban J connectivity index is 2.52. The molecule has 2 N–H and O–H groups in total. The maximum atomic E-state index is 10.9. The van der Waals surface area contributed by atoms with Crippen molar-refractivity contribution in [3.8, 4) is 0 Å². The lowest BCUT2D eigenvalue weighted by Gasteiger charge is -2.03. The lowest BCUT2D eigenvalue weighted by atomic mass is 10.2. The summed E-state index contributed by atoms with van der Waals surface area (Å²) in [7, 11) is 1.45. The minimum absolute atomic E-state index is 0.0228. The molecule has 1 amide bonds. The summed E-state index contributed by atoms with van der Waals surface area (Å²) in [5.41, 5.74) is -0.122. The molecule has 0 saturated carbocycles. The third-order valence-electron chi connectivity index (χ3n) is 1.45. The number of oxime groups is 1. The number of carboxylic acid groups (broad SMARTS) is 1. The molecule has 6 heteroatoms. The highest BCUT2D eigenvalue weighted by Crippen LogP contribution is 2.10. The van der Waals surface area contributed by atoms with Crippen molar-refractivity contribution in [2.75, 3.05) is 7.05 Å². The summed E-state index contributed by atoms with van der Waals surface area (Å²) in [6.07, 6.45) is -0.768. The number of hydrogen-bond acceptors (Lipinski definition) is 4. The zero-order chi connectivity index (χ0) is 9.14. The van der Waals surface area contributed by atoms with Crippen molar-refractivity contribution in [3.05, 3.63) is 0 Å². The van der Waals surface area contributed by atoms with E-state index >= 15 is 0 Å². The molecular formula is C6H8N2O4. The molecule has 1 heterocycles. The van der Waals surface area contributed by atoms with Crippen LogP contribution in [-0.4, -0.2) is 35.8 Å². The molecule has 0 aliphatic carbocycles. The van der Waals surface area contributed by atoms with Crippen LogP contribution in [0.15, 0.2) is 5.16 Å². The smallest absolute Gasteiger partial charge is 0.353 e.